The number of para-hydroxylation sites is 2. The van der Waals surface area contributed by atoms with E-state index in [-0.39, 0.29) is 42.3 Å². The number of aliphatic hydroxyl groups is 2. The summed E-state index contributed by atoms with van der Waals surface area (Å²) < 4.78 is 36.1. The normalized spacial score (nSPS) is 15.7. The van der Waals surface area contributed by atoms with Crippen LogP contribution in [0.1, 0.15) is 45.5 Å². The molecule has 0 spiro atoms. The average molecular weight is 749 g/mol. The largest absolute Gasteiger partial charge is 0.497 e. The number of hydrogen-bond donors (Lipinski definition) is 3. The maximum absolute atomic E-state index is 14.4. The van der Waals surface area contributed by atoms with Crippen molar-refractivity contribution in [3.05, 3.63) is 90.3 Å². The third-order valence-electron chi connectivity index (χ3n) is 9.96. The van der Waals surface area contributed by atoms with E-state index in [1.807, 2.05) is 69.6 Å². The number of sulfonamides is 1. The van der Waals surface area contributed by atoms with Gasteiger partial charge in [0.1, 0.15) is 17.6 Å². The number of ether oxygens (including phenoxy) is 1. The first-order valence-electron chi connectivity index (χ1n) is 18.0. The third-order valence-corrected chi connectivity index (χ3v) is 11.8. The minimum absolute atomic E-state index is 0.0115. The number of aryl methyl sites for hydroxylation is 1. The van der Waals surface area contributed by atoms with Gasteiger partial charge in [-0.15, -0.1) is 0 Å². The van der Waals surface area contributed by atoms with Crippen LogP contribution in [0.5, 0.6) is 5.75 Å². The maximum Gasteiger partial charge on any atom is 0.321 e. The Balaban J connectivity index is 1.41. The van der Waals surface area contributed by atoms with E-state index in [1.165, 1.54) is 31.4 Å². The van der Waals surface area contributed by atoms with Gasteiger partial charge in [-0.1, -0.05) is 76.6 Å². The monoisotopic (exact) mass is 748 g/mol. The van der Waals surface area contributed by atoms with Gasteiger partial charge in [-0.3, -0.25) is 4.79 Å². The molecule has 4 aromatic rings. The van der Waals surface area contributed by atoms with Crippen LogP contribution in [-0.4, -0.2) is 105 Å². The SMILES string of the molecule is CC[C@H](C)[C@@H](C(=O)N[C@@H](Cc1ccccc1)C(O)(O)CN(CC(C)C)S(=O)(=O)c1ccc(OC)cc1)N1CCN(Cc2nc3ccccc3n2C)C1=O. The Labute approximate surface area is 312 Å². The van der Waals surface area contributed by atoms with E-state index in [1.54, 1.807) is 34.1 Å². The number of rotatable bonds is 17. The van der Waals surface area contributed by atoms with Gasteiger partial charge in [0.2, 0.25) is 15.9 Å². The van der Waals surface area contributed by atoms with Crippen LogP contribution < -0.4 is 10.1 Å². The second kappa shape index (κ2) is 16.7. The minimum atomic E-state index is -4.21. The van der Waals surface area contributed by atoms with Crippen LogP contribution in [0, 0.1) is 11.8 Å². The van der Waals surface area contributed by atoms with Crippen molar-refractivity contribution in [2.75, 3.05) is 33.3 Å². The van der Waals surface area contributed by atoms with E-state index in [9.17, 15) is 28.2 Å². The van der Waals surface area contributed by atoms with Crippen molar-refractivity contribution in [1.82, 2.24) is 29.0 Å². The molecule has 0 unspecified atom stereocenters. The predicted molar refractivity (Wildman–Crippen MR) is 202 cm³/mol. The van der Waals surface area contributed by atoms with Crippen LogP contribution in [0.25, 0.3) is 11.0 Å². The summed E-state index contributed by atoms with van der Waals surface area (Å²) in [5, 5.41) is 26.6. The zero-order valence-electron chi connectivity index (χ0n) is 31.3. The summed E-state index contributed by atoms with van der Waals surface area (Å²) in [6.07, 6.45) is 0.555. The van der Waals surface area contributed by atoms with E-state index >= 15 is 0 Å². The molecule has 0 bridgehead atoms. The van der Waals surface area contributed by atoms with Crippen LogP contribution in [0.4, 0.5) is 4.79 Å². The molecule has 0 saturated carbocycles. The number of imidazole rings is 1. The van der Waals surface area contributed by atoms with Gasteiger partial charge in [0.15, 0.2) is 5.79 Å². The summed E-state index contributed by atoms with van der Waals surface area (Å²) in [5.74, 6) is -2.53. The molecule has 1 aliphatic heterocycles. The first kappa shape index (κ1) is 39.7. The molecule has 1 aliphatic rings. The molecule has 3 N–H and O–H groups in total. The molecule has 3 aromatic carbocycles. The highest BCUT2D eigenvalue weighted by Gasteiger charge is 2.45. The number of fused-ring (bicyclic) bond motifs is 1. The van der Waals surface area contributed by atoms with Gasteiger partial charge in [0.25, 0.3) is 0 Å². The van der Waals surface area contributed by atoms with E-state index in [2.05, 4.69) is 5.32 Å². The summed E-state index contributed by atoms with van der Waals surface area (Å²) >= 11 is 0. The molecular weight excluding hydrogens is 697 g/mol. The van der Waals surface area contributed by atoms with Crippen molar-refractivity contribution < 1.29 is 33.0 Å². The Morgan fingerprint density at radius 2 is 1.66 bits per heavy atom. The Morgan fingerprint density at radius 3 is 2.28 bits per heavy atom. The van der Waals surface area contributed by atoms with Gasteiger partial charge in [-0.2, -0.15) is 4.31 Å². The van der Waals surface area contributed by atoms with Gasteiger partial charge in [0, 0.05) is 26.7 Å². The molecule has 0 aliphatic carbocycles. The summed E-state index contributed by atoms with van der Waals surface area (Å²) in [5.41, 5.74) is 2.48. The second-order valence-corrected chi connectivity index (χ2v) is 16.2. The standard InChI is InChI=1S/C39H52N6O7S/c1-7-28(4)36(45-22-21-43(38(45)47)25-35-40-32-15-11-12-16-33(32)42(35)5)37(46)41-34(23-29-13-9-8-10-14-29)39(48,49)26-44(24-27(2)3)53(50,51)31-19-17-30(52-6)18-20-31/h8-20,27-28,34,36,48-49H,7,21-26H2,1-6H3,(H,41,46)/t28-,34-,36-/m0/s1. The first-order valence-corrected chi connectivity index (χ1v) is 19.5. The van der Waals surface area contributed by atoms with Crippen LogP contribution >= 0.6 is 0 Å². The van der Waals surface area contributed by atoms with Crippen LogP contribution in [0.15, 0.2) is 83.8 Å². The smallest absolute Gasteiger partial charge is 0.321 e. The molecule has 53 heavy (non-hydrogen) atoms. The summed E-state index contributed by atoms with van der Waals surface area (Å²) in [4.78, 5) is 36.3. The predicted octanol–water partition coefficient (Wildman–Crippen LogP) is 3.99. The van der Waals surface area contributed by atoms with Gasteiger partial charge in [0.05, 0.1) is 42.2 Å². The van der Waals surface area contributed by atoms with Crippen molar-refractivity contribution >= 4 is 33.0 Å². The molecule has 1 aromatic heterocycles. The molecular formula is C39H52N6O7S. The van der Waals surface area contributed by atoms with Crippen LogP contribution in [0.3, 0.4) is 0 Å². The fourth-order valence-corrected chi connectivity index (χ4v) is 8.44. The fraction of sp³-hybridized carbons (Fsp3) is 0.462. The van der Waals surface area contributed by atoms with E-state index < -0.39 is 40.3 Å². The second-order valence-electron chi connectivity index (χ2n) is 14.3. The number of urea groups is 1. The maximum atomic E-state index is 14.4. The number of nitrogens with zero attached hydrogens (tertiary/aromatic N) is 5. The summed E-state index contributed by atoms with van der Waals surface area (Å²) in [6.45, 7) is 7.68. The fourth-order valence-electron chi connectivity index (χ4n) is 6.80. The Hall–Kier alpha value is -4.50. The molecule has 286 valence electrons. The zero-order valence-corrected chi connectivity index (χ0v) is 32.2. The molecule has 2 heterocycles. The number of aromatic nitrogens is 2. The average Bonchev–Trinajstić information content (AvgIpc) is 3.65. The van der Waals surface area contributed by atoms with E-state index in [0.717, 1.165) is 21.2 Å². The molecule has 1 saturated heterocycles. The Morgan fingerprint density at radius 1 is 1.00 bits per heavy atom. The number of amides is 3. The van der Waals surface area contributed by atoms with Gasteiger partial charge >= 0.3 is 6.03 Å². The molecule has 3 atom stereocenters. The van der Waals surface area contributed by atoms with Gasteiger partial charge in [-0.25, -0.2) is 18.2 Å². The topological polar surface area (TPSA) is 158 Å². The third kappa shape index (κ3) is 9.01. The Bertz CT molecular complexity index is 1970. The zero-order chi connectivity index (χ0) is 38.5. The first-order chi connectivity index (χ1) is 25.2. The van der Waals surface area contributed by atoms with Crippen molar-refractivity contribution in [2.24, 2.45) is 18.9 Å². The number of nitrogens with one attached hydrogen (secondary N) is 1. The lowest BCUT2D eigenvalue weighted by molar-refractivity contribution is -0.190. The van der Waals surface area contributed by atoms with Crippen molar-refractivity contribution in [1.29, 1.82) is 0 Å². The Kier molecular flexibility index (Phi) is 12.5. The number of benzene rings is 3. The van der Waals surface area contributed by atoms with Crippen molar-refractivity contribution in [2.45, 2.75) is 69.8 Å². The number of carbonyl (C=O) groups excluding carboxylic acids is 2. The van der Waals surface area contributed by atoms with Gasteiger partial charge < -0.3 is 34.6 Å². The highest BCUT2D eigenvalue weighted by molar-refractivity contribution is 7.89. The molecule has 1 fully saturated rings. The van der Waals surface area contributed by atoms with Crippen LogP contribution in [0.2, 0.25) is 0 Å². The van der Waals surface area contributed by atoms with Crippen molar-refractivity contribution in [3.8, 4) is 5.75 Å². The molecule has 14 heteroatoms. The van der Waals surface area contributed by atoms with Crippen molar-refractivity contribution in [3.63, 3.8) is 0 Å². The molecule has 0 radical (unpaired) electrons. The molecule has 3 amide bonds. The summed E-state index contributed by atoms with van der Waals surface area (Å²) in [7, 11) is -0.820. The highest BCUT2D eigenvalue weighted by atomic mass is 32.2. The lowest BCUT2D eigenvalue weighted by Crippen LogP contribution is -2.63. The number of methoxy groups -OCH3 is 1. The molecule has 5 rings (SSSR count). The highest BCUT2D eigenvalue weighted by Crippen LogP contribution is 2.27. The summed E-state index contributed by atoms with van der Waals surface area (Å²) in [6, 6.07) is 20.0. The number of hydrogen-bond acceptors (Lipinski definition) is 8. The number of carbonyl (C=O) groups is 2. The lowest BCUT2D eigenvalue weighted by atomic mass is 9.94. The minimum Gasteiger partial charge on any atom is -0.497 e. The van der Waals surface area contributed by atoms with E-state index in [0.29, 0.717) is 30.8 Å². The quantitative estimate of drug-likeness (QED) is 0.137. The van der Waals surface area contributed by atoms with Gasteiger partial charge in [-0.05, 0) is 60.2 Å². The van der Waals surface area contributed by atoms with E-state index in [4.69, 9.17) is 9.72 Å². The lowest BCUT2D eigenvalue weighted by Gasteiger charge is -2.38. The van der Waals surface area contributed by atoms with Crippen LogP contribution in [-0.2, 0) is 34.8 Å². The molecule has 13 nitrogen and oxygen atoms in total.